The van der Waals surface area contributed by atoms with Crippen LogP contribution in [0.2, 0.25) is 0 Å². The van der Waals surface area contributed by atoms with Gasteiger partial charge in [0.05, 0.1) is 4.92 Å². The van der Waals surface area contributed by atoms with E-state index in [1.165, 1.54) is 24.3 Å². The number of nitro benzene ring substituents is 1. The van der Waals surface area contributed by atoms with Crippen molar-refractivity contribution in [2.24, 2.45) is 11.6 Å². The fourth-order valence-electron chi connectivity index (χ4n) is 0.714. The molecule has 0 aliphatic carbocycles. The Bertz CT molecular complexity index is 387. The predicted octanol–water partition coefficient (Wildman–Crippen LogP) is 0.502. The Morgan fingerprint density at radius 3 is 1.94 bits per heavy atom. The Morgan fingerprint density at radius 1 is 1.29 bits per heavy atom. The van der Waals surface area contributed by atoms with Gasteiger partial charge in [-0.1, -0.05) is 0 Å². The van der Waals surface area contributed by atoms with Gasteiger partial charge in [0.15, 0.2) is 0 Å². The van der Waals surface area contributed by atoms with Gasteiger partial charge < -0.3 is 5.73 Å². The van der Waals surface area contributed by atoms with Crippen molar-refractivity contribution in [2.45, 2.75) is 0 Å². The van der Waals surface area contributed by atoms with Crippen LogP contribution in [0.1, 0.15) is 10.4 Å². The lowest BCUT2D eigenvalue weighted by atomic mass is 10.2. The number of nitro groups is 1. The summed E-state index contributed by atoms with van der Waals surface area (Å²) in [7, 11) is 0. The Morgan fingerprint density at radius 2 is 1.71 bits per heavy atom. The van der Waals surface area contributed by atoms with Crippen LogP contribution in [0.5, 0.6) is 0 Å². The maximum atomic E-state index is 10.5. The zero-order chi connectivity index (χ0) is 13.4. The maximum absolute atomic E-state index is 10.5. The van der Waals surface area contributed by atoms with Crippen molar-refractivity contribution in [3.8, 4) is 0 Å². The van der Waals surface area contributed by atoms with Gasteiger partial charge in [-0.05, 0) is 23.7 Å². The standard InChI is InChI=1S/C7H4ClNO3.CH5N3O/c8-7(10)5-1-3-6(4-2-5)9(11)12;2-1(5)4-3/h1-4H;3H2,(H3,2,4,5). The second kappa shape index (κ2) is 7.14. The van der Waals surface area contributed by atoms with Gasteiger partial charge in [-0.25, -0.2) is 10.6 Å². The van der Waals surface area contributed by atoms with Crippen LogP contribution in [0.3, 0.4) is 0 Å². The number of hydrogen-bond donors (Lipinski definition) is 3. The number of carbonyl (C=O) groups is 2. The first-order chi connectivity index (χ1) is 7.88. The Labute approximate surface area is 101 Å². The van der Waals surface area contributed by atoms with Crippen LogP contribution in [0, 0.1) is 10.1 Å². The number of benzene rings is 1. The number of nitrogens with two attached hydrogens (primary N) is 2. The normalized spacial score (nSPS) is 8.59. The van der Waals surface area contributed by atoms with E-state index < -0.39 is 16.2 Å². The summed E-state index contributed by atoms with van der Waals surface area (Å²) in [4.78, 5) is 29.5. The second-order valence-corrected chi connectivity index (χ2v) is 2.93. The van der Waals surface area contributed by atoms with Crippen molar-refractivity contribution >= 4 is 28.6 Å². The molecule has 0 heterocycles. The molecule has 0 fully saturated rings. The molecule has 0 aliphatic heterocycles. The molecule has 92 valence electrons. The second-order valence-electron chi connectivity index (χ2n) is 2.59. The number of urea groups is 1. The molecule has 1 aromatic carbocycles. The molecule has 0 radical (unpaired) electrons. The zero-order valence-electron chi connectivity index (χ0n) is 8.42. The van der Waals surface area contributed by atoms with Crippen LogP contribution < -0.4 is 17.0 Å². The van der Waals surface area contributed by atoms with Gasteiger partial charge in [-0.3, -0.25) is 20.3 Å². The van der Waals surface area contributed by atoms with E-state index in [2.05, 4.69) is 11.6 Å². The van der Waals surface area contributed by atoms with Crippen molar-refractivity contribution in [3.05, 3.63) is 39.9 Å². The Hall–Kier alpha value is -2.19. The van der Waals surface area contributed by atoms with Gasteiger partial charge in [0, 0.05) is 17.7 Å². The first-order valence-electron chi connectivity index (χ1n) is 4.08. The van der Waals surface area contributed by atoms with Crippen molar-refractivity contribution in [1.29, 1.82) is 0 Å². The predicted molar refractivity (Wildman–Crippen MR) is 60.2 cm³/mol. The molecule has 1 aromatic rings. The monoisotopic (exact) mass is 260 g/mol. The first-order valence-corrected chi connectivity index (χ1v) is 4.46. The molecule has 9 heteroatoms. The molecule has 0 aromatic heterocycles. The number of primary amides is 1. The van der Waals surface area contributed by atoms with Crippen LogP contribution in [0.15, 0.2) is 24.3 Å². The van der Waals surface area contributed by atoms with Crippen LogP contribution in [0.4, 0.5) is 10.5 Å². The highest BCUT2D eigenvalue weighted by molar-refractivity contribution is 6.67. The highest BCUT2D eigenvalue weighted by Gasteiger charge is 2.06. The molecule has 0 atom stereocenters. The Balaban J connectivity index is 0.000000437. The topological polar surface area (TPSA) is 141 Å². The van der Waals surface area contributed by atoms with E-state index in [-0.39, 0.29) is 11.3 Å². The van der Waals surface area contributed by atoms with Crippen LogP contribution in [-0.4, -0.2) is 16.2 Å². The number of carbonyl (C=O) groups excluding carboxylic acids is 2. The van der Waals surface area contributed by atoms with E-state index in [0.717, 1.165) is 0 Å². The summed E-state index contributed by atoms with van der Waals surface area (Å²) in [5.41, 5.74) is 6.28. The summed E-state index contributed by atoms with van der Waals surface area (Å²) in [6, 6.07) is 4.37. The number of hydrazine groups is 1. The molecule has 0 saturated carbocycles. The van der Waals surface area contributed by atoms with Gasteiger partial charge in [0.1, 0.15) is 0 Å². The average molecular weight is 261 g/mol. The first kappa shape index (κ1) is 14.8. The zero-order valence-corrected chi connectivity index (χ0v) is 9.18. The molecule has 8 nitrogen and oxygen atoms in total. The van der Waals surface area contributed by atoms with Gasteiger partial charge >= 0.3 is 6.03 Å². The summed E-state index contributed by atoms with van der Waals surface area (Å²) in [5, 5.41) is 9.55. The molecular formula is C8H9ClN4O4. The number of amides is 2. The summed E-state index contributed by atoms with van der Waals surface area (Å²) < 4.78 is 0. The van der Waals surface area contributed by atoms with Crippen molar-refractivity contribution in [2.75, 3.05) is 0 Å². The lowest BCUT2D eigenvalue weighted by Gasteiger charge is -1.92. The minimum Gasteiger partial charge on any atom is -0.351 e. The van der Waals surface area contributed by atoms with Crippen molar-refractivity contribution in [1.82, 2.24) is 5.43 Å². The van der Waals surface area contributed by atoms with E-state index in [0.29, 0.717) is 0 Å². The molecule has 0 bridgehead atoms. The van der Waals surface area contributed by atoms with Gasteiger partial charge in [-0.15, -0.1) is 0 Å². The van der Waals surface area contributed by atoms with Gasteiger partial charge in [-0.2, -0.15) is 0 Å². The quantitative estimate of drug-likeness (QED) is 0.233. The molecule has 1 rings (SSSR count). The molecule has 0 saturated heterocycles. The third-order valence-corrected chi connectivity index (χ3v) is 1.67. The highest BCUT2D eigenvalue weighted by Crippen LogP contribution is 2.12. The third kappa shape index (κ3) is 6.07. The van der Waals surface area contributed by atoms with Crippen LogP contribution in [0.25, 0.3) is 0 Å². The molecule has 0 aliphatic rings. The number of hydrogen-bond acceptors (Lipinski definition) is 5. The van der Waals surface area contributed by atoms with Crippen LogP contribution in [-0.2, 0) is 0 Å². The Kier molecular flexibility index (Phi) is 6.22. The number of nitrogens with one attached hydrogen (secondary N) is 1. The van der Waals surface area contributed by atoms with Gasteiger partial charge in [0.2, 0.25) is 0 Å². The minimum atomic E-state index is -0.718. The van der Waals surface area contributed by atoms with Crippen LogP contribution >= 0.6 is 11.6 Å². The maximum Gasteiger partial charge on any atom is 0.326 e. The summed E-state index contributed by atoms with van der Waals surface area (Å²) in [6.07, 6.45) is 0. The fourth-order valence-corrected chi connectivity index (χ4v) is 0.840. The molecule has 17 heavy (non-hydrogen) atoms. The van der Waals surface area contributed by atoms with E-state index in [4.69, 9.17) is 11.6 Å². The molecular weight excluding hydrogens is 252 g/mol. The number of rotatable bonds is 2. The van der Waals surface area contributed by atoms with E-state index >= 15 is 0 Å². The molecule has 0 unspecified atom stereocenters. The minimum absolute atomic E-state index is 0.0586. The number of nitrogens with zero attached hydrogens (tertiary/aromatic N) is 1. The lowest BCUT2D eigenvalue weighted by Crippen LogP contribution is -2.34. The summed E-state index contributed by atoms with van der Waals surface area (Å²) in [6.45, 7) is 0. The molecule has 5 N–H and O–H groups in total. The number of non-ortho nitro benzene ring substituents is 1. The third-order valence-electron chi connectivity index (χ3n) is 1.45. The van der Waals surface area contributed by atoms with Gasteiger partial charge in [0.25, 0.3) is 10.9 Å². The van der Waals surface area contributed by atoms with E-state index in [1.54, 1.807) is 5.43 Å². The highest BCUT2D eigenvalue weighted by atomic mass is 35.5. The van der Waals surface area contributed by atoms with Crippen molar-refractivity contribution < 1.29 is 14.5 Å². The van der Waals surface area contributed by atoms with E-state index in [9.17, 15) is 19.7 Å². The largest absolute Gasteiger partial charge is 0.351 e. The summed E-state index contributed by atoms with van der Waals surface area (Å²) >= 11 is 5.13. The van der Waals surface area contributed by atoms with Crippen molar-refractivity contribution in [3.63, 3.8) is 0 Å². The number of halogens is 1. The fraction of sp³-hybridized carbons (Fsp3) is 0. The SMILES string of the molecule is NNC(N)=O.O=C(Cl)c1ccc([N+](=O)[O-])cc1. The van der Waals surface area contributed by atoms with E-state index in [1.807, 2.05) is 0 Å². The molecule has 0 spiro atoms. The summed E-state index contributed by atoms with van der Waals surface area (Å²) in [5.74, 6) is 4.45. The smallest absolute Gasteiger partial charge is 0.326 e. The molecule has 2 amide bonds. The lowest BCUT2D eigenvalue weighted by molar-refractivity contribution is -0.384. The average Bonchev–Trinajstić information content (AvgIpc) is 2.29.